The summed E-state index contributed by atoms with van der Waals surface area (Å²) < 4.78 is 0. The Labute approximate surface area is 206 Å². The molecular weight excluding hydrogens is 440 g/mol. The normalized spacial score (nSPS) is 23.9. The zero-order valence-corrected chi connectivity index (χ0v) is 20.5. The summed E-state index contributed by atoms with van der Waals surface area (Å²) in [5.74, 6) is -2.04. The Kier molecular flexibility index (Phi) is 7.54. The topological polar surface area (TPSA) is 91.7 Å². The van der Waals surface area contributed by atoms with Gasteiger partial charge in [-0.1, -0.05) is 54.1 Å². The van der Waals surface area contributed by atoms with Gasteiger partial charge in [0.2, 0.25) is 0 Å². The van der Waals surface area contributed by atoms with Gasteiger partial charge in [0.25, 0.3) is 0 Å². The summed E-state index contributed by atoms with van der Waals surface area (Å²) in [6.07, 6.45) is 6.51. The van der Waals surface area contributed by atoms with E-state index in [1.165, 1.54) is 11.1 Å². The SMILES string of the molecule is CC(C(=O)O)c1ccc(CC2CC/C(=C3\CCCC3Cc3ccc(C(C)C(=O)O)cc3)C2=O)cc1. The molecule has 2 aromatic rings. The molecule has 4 atom stereocenters. The lowest BCUT2D eigenvalue weighted by atomic mass is 9.88. The molecule has 2 aromatic carbocycles. The minimum absolute atomic E-state index is 0.00159. The Bertz CT molecular complexity index is 1130. The number of allylic oxidation sites excluding steroid dienone is 2. The van der Waals surface area contributed by atoms with Gasteiger partial charge >= 0.3 is 11.9 Å². The maximum Gasteiger partial charge on any atom is 0.310 e. The first-order valence-electron chi connectivity index (χ1n) is 12.6. The van der Waals surface area contributed by atoms with Crippen molar-refractivity contribution in [2.75, 3.05) is 0 Å². The summed E-state index contributed by atoms with van der Waals surface area (Å²) in [6.45, 7) is 3.38. The fourth-order valence-corrected chi connectivity index (χ4v) is 5.61. The summed E-state index contributed by atoms with van der Waals surface area (Å²) in [5.41, 5.74) is 6.24. The van der Waals surface area contributed by atoms with Crippen LogP contribution in [0, 0.1) is 11.8 Å². The number of carbonyl (C=O) groups is 3. The van der Waals surface area contributed by atoms with Crippen LogP contribution >= 0.6 is 0 Å². The largest absolute Gasteiger partial charge is 0.481 e. The van der Waals surface area contributed by atoms with E-state index in [4.69, 9.17) is 0 Å². The maximum absolute atomic E-state index is 13.4. The number of rotatable bonds is 8. The summed E-state index contributed by atoms with van der Waals surface area (Å²) >= 11 is 0. The molecule has 4 unspecified atom stereocenters. The molecule has 2 aliphatic carbocycles. The molecule has 184 valence electrons. The van der Waals surface area contributed by atoms with Crippen LogP contribution < -0.4 is 0 Å². The van der Waals surface area contributed by atoms with Crippen LogP contribution in [0.5, 0.6) is 0 Å². The molecule has 0 spiro atoms. The van der Waals surface area contributed by atoms with Gasteiger partial charge in [0.15, 0.2) is 5.78 Å². The van der Waals surface area contributed by atoms with Gasteiger partial charge in [-0.25, -0.2) is 0 Å². The third-order valence-corrected chi connectivity index (χ3v) is 7.95. The number of hydrogen-bond acceptors (Lipinski definition) is 3. The molecule has 0 saturated heterocycles. The van der Waals surface area contributed by atoms with Crippen molar-refractivity contribution in [3.05, 3.63) is 81.9 Å². The lowest BCUT2D eigenvalue weighted by molar-refractivity contribution is -0.139. The molecule has 0 aromatic heterocycles. The molecule has 0 aliphatic heterocycles. The van der Waals surface area contributed by atoms with E-state index < -0.39 is 23.8 Å². The number of hydrogen-bond donors (Lipinski definition) is 2. The summed E-state index contributed by atoms with van der Waals surface area (Å²) in [4.78, 5) is 35.8. The van der Waals surface area contributed by atoms with Crippen LogP contribution in [0.25, 0.3) is 0 Å². The van der Waals surface area contributed by atoms with Crippen LogP contribution in [0.15, 0.2) is 59.7 Å². The van der Waals surface area contributed by atoms with Gasteiger partial charge in [-0.15, -0.1) is 0 Å². The zero-order valence-electron chi connectivity index (χ0n) is 20.5. The molecule has 4 rings (SSSR count). The molecular formula is C30H34O5. The van der Waals surface area contributed by atoms with E-state index in [-0.39, 0.29) is 5.92 Å². The Morgan fingerprint density at radius 1 is 0.771 bits per heavy atom. The summed E-state index contributed by atoms with van der Waals surface area (Å²) in [6, 6.07) is 15.5. The summed E-state index contributed by atoms with van der Waals surface area (Å²) in [5, 5.41) is 18.4. The highest BCUT2D eigenvalue weighted by Gasteiger charge is 2.35. The molecule has 5 nitrogen and oxygen atoms in total. The standard InChI is InChI=1S/C30H34O5/c1-18(29(32)33)22-10-6-20(7-11-22)16-24-4-3-5-26(24)27-15-14-25(28(27)31)17-21-8-12-23(13-9-21)19(2)30(34)35/h6-13,18-19,24-25H,3-5,14-17H2,1-2H3,(H,32,33)(H,34,35)/b27-26-. The van der Waals surface area contributed by atoms with E-state index in [0.717, 1.165) is 60.8 Å². The lowest BCUT2D eigenvalue weighted by Gasteiger charge is -2.16. The van der Waals surface area contributed by atoms with Gasteiger partial charge in [-0.3, -0.25) is 14.4 Å². The van der Waals surface area contributed by atoms with Crippen molar-refractivity contribution in [2.24, 2.45) is 11.8 Å². The van der Waals surface area contributed by atoms with E-state index in [0.29, 0.717) is 18.1 Å². The molecule has 0 bridgehead atoms. The number of ketones is 1. The molecule has 35 heavy (non-hydrogen) atoms. The van der Waals surface area contributed by atoms with Gasteiger partial charge in [0, 0.05) is 5.92 Å². The van der Waals surface area contributed by atoms with Gasteiger partial charge in [-0.2, -0.15) is 0 Å². The third-order valence-electron chi connectivity index (χ3n) is 7.95. The maximum atomic E-state index is 13.4. The van der Waals surface area contributed by atoms with Crippen molar-refractivity contribution >= 4 is 17.7 Å². The average Bonchev–Trinajstić information content (AvgIpc) is 3.45. The van der Waals surface area contributed by atoms with Gasteiger partial charge in [-0.05, 0) is 92.5 Å². The van der Waals surface area contributed by atoms with E-state index >= 15 is 0 Å². The molecule has 2 saturated carbocycles. The highest BCUT2D eigenvalue weighted by atomic mass is 16.4. The van der Waals surface area contributed by atoms with Gasteiger partial charge in [0.05, 0.1) is 11.8 Å². The molecule has 0 amide bonds. The molecule has 2 N–H and O–H groups in total. The number of carboxylic acid groups (broad SMARTS) is 2. The molecule has 0 heterocycles. The predicted octanol–water partition coefficient (Wildman–Crippen LogP) is 5.92. The van der Waals surface area contributed by atoms with Crippen LogP contribution in [-0.4, -0.2) is 27.9 Å². The fourth-order valence-electron chi connectivity index (χ4n) is 5.61. The molecule has 5 heteroatoms. The van der Waals surface area contributed by atoms with Gasteiger partial charge < -0.3 is 10.2 Å². The minimum Gasteiger partial charge on any atom is -0.481 e. The van der Waals surface area contributed by atoms with E-state index in [2.05, 4.69) is 0 Å². The summed E-state index contributed by atoms with van der Waals surface area (Å²) in [7, 11) is 0. The first-order chi connectivity index (χ1) is 16.7. The third kappa shape index (κ3) is 5.55. The number of aliphatic carboxylic acids is 2. The Morgan fingerprint density at radius 3 is 1.74 bits per heavy atom. The van der Waals surface area contributed by atoms with E-state index in [9.17, 15) is 24.6 Å². The van der Waals surface area contributed by atoms with Crippen LogP contribution in [-0.2, 0) is 27.2 Å². The quantitative estimate of drug-likeness (QED) is 0.463. The average molecular weight is 475 g/mol. The number of carboxylic acids is 2. The van der Waals surface area contributed by atoms with Crippen LogP contribution in [0.3, 0.4) is 0 Å². The second-order valence-electron chi connectivity index (χ2n) is 10.2. The first-order valence-corrected chi connectivity index (χ1v) is 12.6. The van der Waals surface area contributed by atoms with Gasteiger partial charge in [0.1, 0.15) is 0 Å². The van der Waals surface area contributed by atoms with E-state index in [1.54, 1.807) is 13.8 Å². The zero-order chi connectivity index (χ0) is 25.1. The van der Waals surface area contributed by atoms with Crippen molar-refractivity contribution in [2.45, 2.75) is 70.6 Å². The highest BCUT2D eigenvalue weighted by molar-refractivity contribution is 6.00. The monoisotopic (exact) mass is 474 g/mol. The Morgan fingerprint density at radius 2 is 1.26 bits per heavy atom. The van der Waals surface area contributed by atoms with Crippen molar-refractivity contribution < 1.29 is 24.6 Å². The lowest BCUT2D eigenvalue weighted by Crippen LogP contribution is -2.14. The Hall–Kier alpha value is -3.21. The van der Waals surface area contributed by atoms with Crippen molar-refractivity contribution in [3.63, 3.8) is 0 Å². The molecule has 2 fully saturated rings. The minimum atomic E-state index is -0.836. The highest BCUT2D eigenvalue weighted by Crippen LogP contribution is 2.41. The predicted molar refractivity (Wildman–Crippen MR) is 134 cm³/mol. The first kappa shape index (κ1) is 24.9. The Balaban J connectivity index is 1.42. The number of carbonyl (C=O) groups excluding carboxylic acids is 1. The van der Waals surface area contributed by atoms with Crippen LogP contribution in [0.2, 0.25) is 0 Å². The van der Waals surface area contributed by atoms with Crippen LogP contribution in [0.4, 0.5) is 0 Å². The van der Waals surface area contributed by atoms with Crippen molar-refractivity contribution in [3.8, 4) is 0 Å². The molecule has 0 radical (unpaired) electrons. The van der Waals surface area contributed by atoms with Crippen LogP contribution in [0.1, 0.15) is 80.0 Å². The molecule has 2 aliphatic rings. The van der Waals surface area contributed by atoms with Crippen molar-refractivity contribution in [1.29, 1.82) is 0 Å². The fraction of sp³-hybridized carbons (Fsp3) is 0.433. The smallest absolute Gasteiger partial charge is 0.310 e. The second kappa shape index (κ2) is 10.6. The number of benzene rings is 2. The second-order valence-corrected chi connectivity index (χ2v) is 10.2. The van der Waals surface area contributed by atoms with E-state index in [1.807, 2.05) is 48.5 Å². The number of Topliss-reactive ketones (excluding diaryl/α,β-unsaturated/α-hetero) is 1. The van der Waals surface area contributed by atoms with Crippen molar-refractivity contribution in [1.82, 2.24) is 0 Å².